The number of H-pyrrole nitrogens is 1. The average molecular weight is 288 g/mol. The molecule has 21 heavy (non-hydrogen) atoms. The Morgan fingerprint density at radius 1 is 1.38 bits per heavy atom. The van der Waals surface area contributed by atoms with E-state index in [1.807, 2.05) is 25.1 Å². The second-order valence-corrected chi connectivity index (χ2v) is 4.71. The van der Waals surface area contributed by atoms with Crippen molar-refractivity contribution in [3.63, 3.8) is 0 Å². The number of aryl methyl sites for hydroxylation is 1. The Hall–Kier alpha value is -2.50. The molecule has 0 aliphatic carbocycles. The Morgan fingerprint density at radius 2 is 2.19 bits per heavy atom. The van der Waals surface area contributed by atoms with Crippen molar-refractivity contribution in [1.29, 1.82) is 0 Å². The summed E-state index contributed by atoms with van der Waals surface area (Å²) in [6.07, 6.45) is 0.167. The monoisotopic (exact) mass is 288 g/mol. The van der Waals surface area contributed by atoms with E-state index in [-0.39, 0.29) is 19.2 Å². The maximum Gasteiger partial charge on any atom is 0.311 e. The molecular formula is C15H16N2O4. The Morgan fingerprint density at radius 3 is 3.00 bits per heavy atom. The number of nitrogens with one attached hydrogen (secondary N) is 1. The molecule has 0 atom stereocenters. The van der Waals surface area contributed by atoms with E-state index in [1.165, 1.54) is 0 Å². The summed E-state index contributed by atoms with van der Waals surface area (Å²) in [6.45, 7) is 4.28. The summed E-state index contributed by atoms with van der Waals surface area (Å²) < 4.78 is 15.6. The number of rotatable bonds is 4. The maximum absolute atomic E-state index is 11.6. The van der Waals surface area contributed by atoms with Crippen LogP contribution in [0.15, 0.2) is 18.2 Å². The number of imidazole rings is 1. The molecule has 1 aromatic heterocycles. The number of aromatic nitrogens is 2. The van der Waals surface area contributed by atoms with Crippen LogP contribution < -0.4 is 9.47 Å². The number of ether oxygens (including phenoxy) is 3. The molecular weight excluding hydrogens is 272 g/mol. The highest BCUT2D eigenvalue weighted by molar-refractivity contribution is 5.73. The molecule has 1 aliphatic rings. The zero-order valence-electron chi connectivity index (χ0n) is 11.9. The lowest BCUT2D eigenvalue weighted by Gasteiger charge is -2.00. The third-order valence-corrected chi connectivity index (χ3v) is 3.25. The van der Waals surface area contributed by atoms with Crippen LogP contribution in [0.3, 0.4) is 0 Å². The number of carbonyl (C=O) groups is 1. The van der Waals surface area contributed by atoms with Crippen LogP contribution in [0.4, 0.5) is 0 Å². The average Bonchev–Trinajstić information content (AvgIpc) is 3.05. The second-order valence-electron chi connectivity index (χ2n) is 4.71. The highest BCUT2D eigenvalue weighted by Crippen LogP contribution is 2.35. The molecule has 110 valence electrons. The van der Waals surface area contributed by atoms with Crippen molar-refractivity contribution in [3.05, 3.63) is 29.6 Å². The smallest absolute Gasteiger partial charge is 0.311 e. The van der Waals surface area contributed by atoms with Crippen molar-refractivity contribution >= 4 is 5.97 Å². The van der Waals surface area contributed by atoms with Crippen molar-refractivity contribution in [2.75, 3.05) is 13.4 Å². The molecule has 0 fully saturated rings. The maximum atomic E-state index is 11.6. The standard InChI is InChI=1S/C15H16N2O4/c1-3-19-14(18)7-11-9(2)16-15(17-11)10-4-5-12-13(6-10)21-8-20-12/h4-6H,3,7-8H2,1-2H3,(H,16,17). The number of aromatic amines is 1. The predicted molar refractivity (Wildman–Crippen MR) is 75.2 cm³/mol. The first-order valence-corrected chi connectivity index (χ1v) is 6.78. The van der Waals surface area contributed by atoms with Gasteiger partial charge in [-0.3, -0.25) is 4.79 Å². The van der Waals surface area contributed by atoms with Gasteiger partial charge >= 0.3 is 5.97 Å². The van der Waals surface area contributed by atoms with Crippen molar-refractivity contribution in [2.24, 2.45) is 0 Å². The van der Waals surface area contributed by atoms with Crippen LogP contribution in [0.2, 0.25) is 0 Å². The van der Waals surface area contributed by atoms with E-state index < -0.39 is 0 Å². The van der Waals surface area contributed by atoms with Gasteiger partial charge < -0.3 is 19.2 Å². The van der Waals surface area contributed by atoms with Crippen LogP contribution in [0.1, 0.15) is 18.3 Å². The summed E-state index contributed by atoms with van der Waals surface area (Å²) in [4.78, 5) is 19.2. The molecule has 0 spiro atoms. The summed E-state index contributed by atoms with van der Waals surface area (Å²) in [5, 5.41) is 0. The first-order chi connectivity index (χ1) is 10.2. The number of nitrogens with zero attached hydrogens (tertiary/aromatic N) is 1. The number of hydrogen-bond acceptors (Lipinski definition) is 5. The van der Waals surface area contributed by atoms with Gasteiger partial charge in [-0.1, -0.05) is 0 Å². The fraction of sp³-hybridized carbons (Fsp3) is 0.333. The Bertz CT molecular complexity index is 678. The van der Waals surface area contributed by atoms with Gasteiger partial charge in [0.15, 0.2) is 11.5 Å². The van der Waals surface area contributed by atoms with Gasteiger partial charge in [0.2, 0.25) is 6.79 Å². The third kappa shape index (κ3) is 2.69. The van der Waals surface area contributed by atoms with Gasteiger partial charge in [0, 0.05) is 11.3 Å². The van der Waals surface area contributed by atoms with Crippen molar-refractivity contribution in [1.82, 2.24) is 9.97 Å². The summed E-state index contributed by atoms with van der Waals surface area (Å²) in [5.41, 5.74) is 2.44. The number of carbonyl (C=O) groups excluding carboxylic acids is 1. The molecule has 0 unspecified atom stereocenters. The fourth-order valence-electron chi connectivity index (χ4n) is 2.20. The van der Waals surface area contributed by atoms with Crippen LogP contribution in [-0.4, -0.2) is 29.3 Å². The molecule has 6 nitrogen and oxygen atoms in total. The predicted octanol–water partition coefficient (Wildman–Crippen LogP) is 2.22. The molecule has 0 saturated carbocycles. The van der Waals surface area contributed by atoms with E-state index in [1.54, 1.807) is 6.92 Å². The SMILES string of the molecule is CCOC(=O)Cc1nc(-c2ccc3c(c2)OCO3)[nH]c1C. The Labute approximate surface area is 122 Å². The van der Waals surface area contributed by atoms with E-state index in [9.17, 15) is 4.79 Å². The molecule has 0 radical (unpaired) electrons. The molecule has 1 N–H and O–H groups in total. The van der Waals surface area contributed by atoms with Gasteiger partial charge in [0.05, 0.1) is 18.7 Å². The van der Waals surface area contributed by atoms with Crippen LogP contribution in [0.25, 0.3) is 11.4 Å². The van der Waals surface area contributed by atoms with Crippen LogP contribution in [0.5, 0.6) is 11.5 Å². The van der Waals surface area contributed by atoms with E-state index in [4.69, 9.17) is 14.2 Å². The lowest BCUT2D eigenvalue weighted by atomic mass is 10.2. The molecule has 0 amide bonds. The summed E-state index contributed by atoms with van der Waals surface area (Å²) in [7, 11) is 0. The van der Waals surface area contributed by atoms with Gasteiger partial charge in [-0.15, -0.1) is 0 Å². The number of fused-ring (bicyclic) bond motifs is 1. The minimum Gasteiger partial charge on any atom is -0.466 e. The summed E-state index contributed by atoms with van der Waals surface area (Å²) in [5.74, 6) is 1.86. The first-order valence-electron chi connectivity index (χ1n) is 6.78. The quantitative estimate of drug-likeness (QED) is 0.873. The number of hydrogen-bond donors (Lipinski definition) is 1. The van der Waals surface area contributed by atoms with E-state index in [0.717, 1.165) is 17.0 Å². The lowest BCUT2D eigenvalue weighted by molar-refractivity contribution is -0.142. The minimum atomic E-state index is -0.274. The van der Waals surface area contributed by atoms with Crippen molar-refractivity contribution in [3.8, 4) is 22.9 Å². The van der Waals surface area contributed by atoms with Gasteiger partial charge in [0.1, 0.15) is 5.82 Å². The van der Waals surface area contributed by atoms with Gasteiger partial charge in [-0.05, 0) is 32.0 Å². The molecule has 2 heterocycles. The Balaban J connectivity index is 1.85. The topological polar surface area (TPSA) is 73.4 Å². The molecule has 0 saturated heterocycles. The van der Waals surface area contributed by atoms with Gasteiger partial charge in [-0.2, -0.15) is 0 Å². The molecule has 1 aromatic carbocycles. The molecule has 0 bridgehead atoms. The summed E-state index contributed by atoms with van der Waals surface area (Å²) >= 11 is 0. The second kappa shape index (κ2) is 5.47. The van der Waals surface area contributed by atoms with Gasteiger partial charge in [-0.25, -0.2) is 4.98 Å². The highest BCUT2D eigenvalue weighted by atomic mass is 16.7. The first kappa shape index (κ1) is 13.5. The van der Waals surface area contributed by atoms with Crippen LogP contribution >= 0.6 is 0 Å². The van der Waals surface area contributed by atoms with Crippen LogP contribution in [0, 0.1) is 6.92 Å². The Kier molecular flexibility index (Phi) is 3.51. The molecule has 3 rings (SSSR count). The van der Waals surface area contributed by atoms with Crippen molar-refractivity contribution < 1.29 is 19.0 Å². The zero-order chi connectivity index (χ0) is 14.8. The number of benzene rings is 1. The molecule has 2 aromatic rings. The highest BCUT2D eigenvalue weighted by Gasteiger charge is 2.17. The lowest BCUT2D eigenvalue weighted by Crippen LogP contribution is -2.08. The molecule has 1 aliphatic heterocycles. The largest absolute Gasteiger partial charge is 0.466 e. The fourth-order valence-corrected chi connectivity index (χ4v) is 2.20. The minimum absolute atomic E-state index is 0.167. The zero-order valence-corrected chi connectivity index (χ0v) is 11.9. The van der Waals surface area contributed by atoms with E-state index >= 15 is 0 Å². The van der Waals surface area contributed by atoms with E-state index in [2.05, 4.69) is 9.97 Å². The number of esters is 1. The molecule has 6 heteroatoms. The third-order valence-electron chi connectivity index (χ3n) is 3.25. The van der Waals surface area contributed by atoms with Crippen LogP contribution in [-0.2, 0) is 16.0 Å². The van der Waals surface area contributed by atoms with Gasteiger partial charge in [0.25, 0.3) is 0 Å². The summed E-state index contributed by atoms with van der Waals surface area (Å²) in [6, 6.07) is 5.62. The normalized spacial score (nSPS) is 12.5. The van der Waals surface area contributed by atoms with Crippen molar-refractivity contribution in [2.45, 2.75) is 20.3 Å². The van der Waals surface area contributed by atoms with E-state index in [0.29, 0.717) is 23.9 Å².